The lowest BCUT2D eigenvalue weighted by molar-refractivity contribution is -0.165. The first-order valence-corrected chi connectivity index (χ1v) is 15.0. The molecule has 0 saturated heterocycles. The van der Waals surface area contributed by atoms with Crippen LogP contribution < -0.4 is 0 Å². The third kappa shape index (κ3) is 15.0. The molecular weight excluding hydrogens is 424 g/mol. The fourth-order valence-corrected chi connectivity index (χ4v) is 4.99. The highest BCUT2D eigenvalue weighted by Gasteiger charge is 2.38. The van der Waals surface area contributed by atoms with Crippen molar-refractivity contribution in [3.63, 3.8) is 0 Å². The SMILES string of the molecule is CCCCCCCCCCCCCCCCCCOC(=O)C1CCCCC1C(=O)OC(C)CC. The van der Waals surface area contributed by atoms with Crippen LogP contribution in [0.3, 0.4) is 0 Å². The zero-order chi connectivity index (χ0) is 24.9. The van der Waals surface area contributed by atoms with Crippen LogP contribution in [0.4, 0.5) is 0 Å². The Morgan fingerprint density at radius 1 is 0.647 bits per heavy atom. The Morgan fingerprint density at radius 2 is 1.06 bits per heavy atom. The molecule has 34 heavy (non-hydrogen) atoms. The van der Waals surface area contributed by atoms with E-state index in [0.717, 1.165) is 44.9 Å². The molecule has 0 heterocycles. The van der Waals surface area contributed by atoms with Crippen LogP contribution in [-0.4, -0.2) is 24.6 Å². The first kappa shape index (κ1) is 31.0. The standard InChI is InChI=1S/C30H56O4/c1-4-6-7-8-9-10-11-12-13-14-15-16-17-18-19-22-25-33-29(31)27-23-20-21-24-28(27)30(32)34-26(3)5-2/h26-28H,4-25H2,1-3H3. The number of esters is 2. The zero-order valence-corrected chi connectivity index (χ0v) is 22.9. The Hall–Kier alpha value is -1.06. The molecule has 0 N–H and O–H groups in total. The summed E-state index contributed by atoms with van der Waals surface area (Å²) in [6, 6.07) is 0. The second-order valence-electron chi connectivity index (χ2n) is 10.6. The summed E-state index contributed by atoms with van der Waals surface area (Å²) < 4.78 is 11.1. The minimum absolute atomic E-state index is 0.0868. The third-order valence-electron chi connectivity index (χ3n) is 7.51. The number of unbranched alkanes of at least 4 members (excludes halogenated alkanes) is 15. The van der Waals surface area contributed by atoms with Gasteiger partial charge < -0.3 is 9.47 Å². The first-order valence-electron chi connectivity index (χ1n) is 15.0. The summed E-state index contributed by atoms with van der Waals surface area (Å²) in [4.78, 5) is 25.1. The topological polar surface area (TPSA) is 52.6 Å². The lowest BCUT2D eigenvalue weighted by atomic mass is 9.79. The third-order valence-corrected chi connectivity index (χ3v) is 7.51. The predicted molar refractivity (Wildman–Crippen MR) is 142 cm³/mol. The molecule has 0 amide bonds. The van der Waals surface area contributed by atoms with Gasteiger partial charge in [-0.1, -0.05) is 123 Å². The van der Waals surface area contributed by atoms with Crippen LogP contribution in [0.1, 0.15) is 156 Å². The van der Waals surface area contributed by atoms with E-state index >= 15 is 0 Å². The Morgan fingerprint density at radius 3 is 1.50 bits per heavy atom. The lowest BCUT2D eigenvalue weighted by Crippen LogP contribution is -2.36. The van der Waals surface area contributed by atoms with E-state index < -0.39 is 0 Å². The molecule has 1 fully saturated rings. The average Bonchev–Trinajstić information content (AvgIpc) is 2.85. The van der Waals surface area contributed by atoms with E-state index in [4.69, 9.17) is 9.47 Å². The molecule has 0 aliphatic heterocycles. The van der Waals surface area contributed by atoms with Crippen LogP contribution in [0.15, 0.2) is 0 Å². The van der Waals surface area contributed by atoms with E-state index in [1.807, 2.05) is 13.8 Å². The van der Waals surface area contributed by atoms with Gasteiger partial charge in [0, 0.05) is 0 Å². The molecule has 0 spiro atoms. The molecule has 4 nitrogen and oxygen atoms in total. The number of hydrogen-bond donors (Lipinski definition) is 0. The largest absolute Gasteiger partial charge is 0.465 e. The van der Waals surface area contributed by atoms with Gasteiger partial charge in [-0.25, -0.2) is 0 Å². The first-order chi connectivity index (χ1) is 16.6. The molecular formula is C30H56O4. The maximum atomic E-state index is 12.6. The van der Waals surface area contributed by atoms with Crippen molar-refractivity contribution in [2.45, 2.75) is 162 Å². The Balaban J connectivity index is 1.97. The van der Waals surface area contributed by atoms with Crippen molar-refractivity contribution in [1.29, 1.82) is 0 Å². The molecule has 3 atom stereocenters. The molecule has 1 rings (SSSR count). The van der Waals surface area contributed by atoms with Crippen LogP contribution in [0.2, 0.25) is 0 Å². The highest BCUT2D eigenvalue weighted by Crippen LogP contribution is 2.32. The summed E-state index contributed by atoms with van der Waals surface area (Å²) in [5.41, 5.74) is 0. The van der Waals surface area contributed by atoms with Gasteiger partial charge in [0.05, 0.1) is 24.5 Å². The van der Waals surface area contributed by atoms with Crippen molar-refractivity contribution < 1.29 is 19.1 Å². The maximum absolute atomic E-state index is 12.6. The Kier molecular flexibility index (Phi) is 19.3. The quantitative estimate of drug-likeness (QED) is 0.121. The second kappa shape index (κ2) is 21.2. The van der Waals surface area contributed by atoms with E-state index in [1.165, 1.54) is 89.9 Å². The summed E-state index contributed by atoms with van der Waals surface area (Å²) in [7, 11) is 0. The van der Waals surface area contributed by atoms with Crippen LogP contribution in [-0.2, 0) is 19.1 Å². The minimum atomic E-state index is -0.318. The molecule has 0 bridgehead atoms. The molecule has 1 saturated carbocycles. The van der Waals surface area contributed by atoms with Crippen molar-refractivity contribution >= 4 is 11.9 Å². The summed E-state index contributed by atoms with van der Waals surface area (Å²) >= 11 is 0. The van der Waals surface area contributed by atoms with Gasteiger partial charge in [-0.15, -0.1) is 0 Å². The number of carbonyl (C=O) groups is 2. The molecule has 0 aromatic heterocycles. The maximum Gasteiger partial charge on any atom is 0.310 e. The van der Waals surface area contributed by atoms with E-state index in [-0.39, 0.29) is 29.9 Å². The fraction of sp³-hybridized carbons (Fsp3) is 0.933. The molecule has 0 radical (unpaired) electrons. The van der Waals surface area contributed by atoms with Crippen LogP contribution >= 0.6 is 0 Å². The second-order valence-corrected chi connectivity index (χ2v) is 10.6. The summed E-state index contributed by atoms with van der Waals surface area (Å²) in [6.45, 7) is 6.68. The summed E-state index contributed by atoms with van der Waals surface area (Å²) in [6.07, 6.45) is 25.5. The highest BCUT2D eigenvalue weighted by molar-refractivity contribution is 5.82. The average molecular weight is 481 g/mol. The number of carbonyl (C=O) groups excluding carboxylic acids is 2. The van der Waals surface area contributed by atoms with Crippen LogP contribution in [0.25, 0.3) is 0 Å². The highest BCUT2D eigenvalue weighted by atomic mass is 16.5. The van der Waals surface area contributed by atoms with Crippen molar-refractivity contribution in [3.05, 3.63) is 0 Å². The van der Waals surface area contributed by atoms with E-state index in [1.54, 1.807) is 0 Å². The molecule has 4 heteroatoms. The monoisotopic (exact) mass is 480 g/mol. The van der Waals surface area contributed by atoms with Crippen molar-refractivity contribution in [2.75, 3.05) is 6.61 Å². The smallest absolute Gasteiger partial charge is 0.310 e. The van der Waals surface area contributed by atoms with Gasteiger partial charge in [0.2, 0.25) is 0 Å². The van der Waals surface area contributed by atoms with Crippen molar-refractivity contribution in [1.82, 2.24) is 0 Å². The van der Waals surface area contributed by atoms with Gasteiger partial charge in [-0.3, -0.25) is 9.59 Å². The fourth-order valence-electron chi connectivity index (χ4n) is 4.99. The summed E-state index contributed by atoms with van der Waals surface area (Å²) in [5.74, 6) is -1.03. The van der Waals surface area contributed by atoms with E-state index in [0.29, 0.717) is 6.61 Å². The van der Waals surface area contributed by atoms with Crippen LogP contribution in [0.5, 0.6) is 0 Å². The number of ether oxygens (including phenoxy) is 2. The van der Waals surface area contributed by atoms with Gasteiger partial charge in [0.1, 0.15) is 0 Å². The Labute approximate surface area is 211 Å². The zero-order valence-electron chi connectivity index (χ0n) is 22.9. The van der Waals surface area contributed by atoms with Crippen molar-refractivity contribution in [2.24, 2.45) is 11.8 Å². The number of hydrogen-bond acceptors (Lipinski definition) is 4. The minimum Gasteiger partial charge on any atom is -0.465 e. The number of rotatable bonds is 21. The molecule has 0 aromatic rings. The van der Waals surface area contributed by atoms with E-state index in [9.17, 15) is 9.59 Å². The van der Waals surface area contributed by atoms with Gasteiger partial charge in [-0.05, 0) is 32.6 Å². The molecule has 3 unspecified atom stereocenters. The Bertz CT molecular complexity index is 504. The normalized spacial score (nSPS) is 19.0. The summed E-state index contributed by atoms with van der Waals surface area (Å²) in [5, 5.41) is 0. The molecule has 0 aromatic carbocycles. The predicted octanol–water partition coefficient (Wildman–Crippen LogP) is 8.94. The van der Waals surface area contributed by atoms with Gasteiger partial charge in [0.15, 0.2) is 0 Å². The lowest BCUT2D eigenvalue weighted by Gasteiger charge is -2.29. The van der Waals surface area contributed by atoms with Crippen LogP contribution in [0, 0.1) is 11.8 Å². The van der Waals surface area contributed by atoms with E-state index in [2.05, 4.69) is 6.92 Å². The van der Waals surface area contributed by atoms with Crippen molar-refractivity contribution in [3.8, 4) is 0 Å². The van der Waals surface area contributed by atoms with Gasteiger partial charge >= 0.3 is 11.9 Å². The van der Waals surface area contributed by atoms with Gasteiger partial charge in [-0.2, -0.15) is 0 Å². The molecule has 200 valence electrons. The molecule has 1 aliphatic carbocycles. The van der Waals surface area contributed by atoms with Gasteiger partial charge in [0.25, 0.3) is 0 Å². The molecule has 1 aliphatic rings.